The lowest BCUT2D eigenvalue weighted by Gasteiger charge is -2.21. The molecule has 1 N–H and O–H groups in total. The van der Waals surface area contributed by atoms with Crippen molar-refractivity contribution in [2.24, 2.45) is 0 Å². The number of carboxylic acid groups (broad SMARTS) is 1. The Bertz CT molecular complexity index is 679. The van der Waals surface area contributed by atoms with Crippen LogP contribution in [0, 0.1) is 0 Å². The topological polar surface area (TPSA) is 46.5 Å². The van der Waals surface area contributed by atoms with E-state index >= 15 is 0 Å². The molecule has 0 saturated carbocycles. The Balaban J connectivity index is 1.96. The van der Waals surface area contributed by atoms with Crippen LogP contribution in [0.4, 0.5) is 4.79 Å². The number of hydrogen-bond donors (Lipinski definition) is 1. The van der Waals surface area contributed by atoms with Gasteiger partial charge >= 0.3 is 6.16 Å². The Hall–Kier alpha value is -2.29. The maximum absolute atomic E-state index is 11.2. The molecule has 0 heterocycles. The van der Waals surface area contributed by atoms with E-state index in [1.165, 1.54) is 16.7 Å². The number of rotatable bonds is 10. The summed E-state index contributed by atoms with van der Waals surface area (Å²) in [4.78, 5) is 11.2. The minimum atomic E-state index is -1.19. The molecule has 0 radical (unpaired) electrons. The molecule has 3 heteroatoms. The number of unbranched alkanes of at least 4 members (excludes halogenated alkanes) is 2. The average molecular weight is 354 g/mol. The van der Waals surface area contributed by atoms with Gasteiger partial charge in [0.15, 0.2) is 0 Å². The van der Waals surface area contributed by atoms with Crippen molar-refractivity contribution in [1.29, 1.82) is 0 Å². The molecule has 0 fully saturated rings. The van der Waals surface area contributed by atoms with Gasteiger partial charge in [0.25, 0.3) is 0 Å². The molecule has 0 spiro atoms. The zero-order chi connectivity index (χ0) is 18.8. The summed E-state index contributed by atoms with van der Waals surface area (Å²) in [7, 11) is 0. The molecule has 0 bridgehead atoms. The van der Waals surface area contributed by atoms with E-state index < -0.39 is 6.16 Å². The van der Waals surface area contributed by atoms with E-state index in [1.54, 1.807) is 0 Å². The van der Waals surface area contributed by atoms with E-state index in [1.807, 2.05) is 18.2 Å². The third-order valence-electron chi connectivity index (χ3n) is 4.91. The van der Waals surface area contributed by atoms with E-state index in [0.717, 1.165) is 50.5 Å². The highest BCUT2D eigenvalue weighted by Crippen LogP contribution is 2.30. The van der Waals surface area contributed by atoms with Crippen molar-refractivity contribution in [3.63, 3.8) is 0 Å². The van der Waals surface area contributed by atoms with Crippen LogP contribution in [0.15, 0.2) is 48.5 Å². The summed E-state index contributed by atoms with van der Waals surface area (Å²) in [5, 5.41) is 9.16. The van der Waals surface area contributed by atoms with Crippen molar-refractivity contribution >= 4 is 6.16 Å². The first-order valence-corrected chi connectivity index (χ1v) is 9.69. The van der Waals surface area contributed by atoms with Gasteiger partial charge in [0.05, 0.1) is 0 Å². The van der Waals surface area contributed by atoms with Crippen LogP contribution in [0.3, 0.4) is 0 Å². The Kier molecular flexibility index (Phi) is 8.20. The first kappa shape index (κ1) is 20.0. The van der Waals surface area contributed by atoms with E-state index in [2.05, 4.69) is 44.2 Å². The summed E-state index contributed by atoms with van der Waals surface area (Å²) in [5.41, 5.74) is 4.92. The summed E-state index contributed by atoms with van der Waals surface area (Å²) in [6.07, 6.45) is 5.24. The lowest BCUT2D eigenvalue weighted by Crippen LogP contribution is -2.12. The molecule has 0 aliphatic rings. The molecule has 0 aliphatic carbocycles. The lowest BCUT2D eigenvalue weighted by atomic mass is 9.91. The number of carbonyl (C=O) groups is 1. The first-order valence-electron chi connectivity index (χ1n) is 9.69. The standard InChI is InChI=1S/C23H30O3/c1-3-19-15-11-16-21(20(19)4-2)22(26-23(24)25)17-10-6-9-14-18-12-7-5-8-13-18/h5,7-8,11-13,15-16,22H,3-4,6,9-10,14,17H2,1-2H3,(H,24,25). The van der Waals surface area contributed by atoms with Crippen LogP contribution < -0.4 is 0 Å². The second-order valence-electron chi connectivity index (χ2n) is 6.65. The zero-order valence-electron chi connectivity index (χ0n) is 15.9. The highest BCUT2D eigenvalue weighted by Gasteiger charge is 2.20. The average Bonchev–Trinajstić information content (AvgIpc) is 2.66. The molecular weight excluding hydrogens is 324 g/mol. The van der Waals surface area contributed by atoms with Gasteiger partial charge in [-0.1, -0.05) is 68.8 Å². The van der Waals surface area contributed by atoms with Gasteiger partial charge in [-0.2, -0.15) is 0 Å². The van der Waals surface area contributed by atoms with Gasteiger partial charge in [-0.3, -0.25) is 0 Å². The van der Waals surface area contributed by atoms with Crippen molar-refractivity contribution in [1.82, 2.24) is 0 Å². The first-order chi connectivity index (χ1) is 12.7. The van der Waals surface area contributed by atoms with Crippen LogP contribution in [0.2, 0.25) is 0 Å². The lowest BCUT2D eigenvalue weighted by molar-refractivity contribution is 0.0460. The zero-order valence-corrected chi connectivity index (χ0v) is 15.9. The van der Waals surface area contributed by atoms with Crippen molar-refractivity contribution < 1.29 is 14.6 Å². The molecule has 1 unspecified atom stereocenters. The van der Waals surface area contributed by atoms with Crippen LogP contribution >= 0.6 is 0 Å². The predicted molar refractivity (Wildman–Crippen MR) is 106 cm³/mol. The monoisotopic (exact) mass is 354 g/mol. The highest BCUT2D eigenvalue weighted by atomic mass is 16.7. The van der Waals surface area contributed by atoms with Crippen LogP contribution in [0.5, 0.6) is 0 Å². The SMILES string of the molecule is CCc1cccc(C(CCCCCc2ccccc2)OC(=O)O)c1CC. The maximum Gasteiger partial charge on any atom is 0.506 e. The van der Waals surface area contributed by atoms with E-state index in [4.69, 9.17) is 9.84 Å². The summed E-state index contributed by atoms with van der Waals surface area (Å²) >= 11 is 0. The molecule has 0 saturated heterocycles. The molecule has 0 aromatic heterocycles. The van der Waals surface area contributed by atoms with Gasteiger partial charge < -0.3 is 9.84 Å². The Labute approximate surface area is 157 Å². The van der Waals surface area contributed by atoms with Gasteiger partial charge in [0, 0.05) is 0 Å². The highest BCUT2D eigenvalue weighted by molar-refractivity contribution is 5.57. The van der Waals surface area contributed by atoms with Crippen LogP contribution in [0.1, 0.15) is 67.9 Å². The number of aryl methyl sites for hydroxylation is 2. The minimum absolute atomic E-state index is 0.370. The molecule has 1 atom stereocenters. The maximum atomic E-state index is 11.2. The molecule has 2 aromatic carbocycles. The number of benzene rings is 2. The quantitative estimate of drug-likeness (QED) is 0.399. The molecule has 2 rings (SSSR count). The molecule has 2 aromatic rings. The number of hydrogen-bond acceptors (Lipinski definition) is 2. The Morgan fingerprint density at radius 2 is 1.73 bits per heavy atom. The summed E-state index contributed by atoms with van der Waals surface area (Å²) in [5.74, 6) is 0. The fourth-order valence-corrected chi connectivity index (χ4v) is 3.60. The minimum Gasteiger partial charge on any atom is -0.450 e. The van der Waals surface area contributed by atoms with Gasteiger partial charge in [-0.25, -0.2) is 4.79 Å². The Morgan fingerprint density at radius 1 is 0.962 bits per heavy atom. The molecule has 0 amide bonds. The summed E-state index contributed by atoms with van der Waals surface area (Å²) in [6, 6.07) is 16.6. The third-order valence-corrected chi connectivity index (χ3v) is 4.91. The second kappa shape index (κ2) is 10.6. The molecule has 140 valence electrons. The smallest absolute Gasteiger partial charge is 0.450 e. The molecule has 26 heavy (non-hydrogen) atoms. The van der Waals surface area contributed by atoms with Crippen molar-refractivity contribution in [3.05, 3.63) is 70.8 Å². The van der Waals surface area contributed by atoms with Crippen LogP contribution in [-0.2, 0) is 24.0 Å². The van der Waals surface area contributed by atoms with Crippen molar-refractivity contribution in [2.45, 2.75) is 64.9 Å². The van der Waals surface area contributed by atoms with Gasteiger partial charge in [0.2, 0.25) is 0 Å². The Morgan fingerprint density at radius 3 is 2.38 bits per heavy atom. The molecular formula is C23H30O3. The van der Waals surface area contributed by atoms with E-state index in [-0.39, 0.29) is 6.10 Å². The normalized spacial score (nSPS) is 11.9. The van der Waals surface area contributed by atoms with Gasteiger partial charge in [0.1, 0.15) is 6.10 Å². The molecule has 0 aliphatic heterocycles. The number of ether oxygens (including phenoxy) is 1. The van der Waals surface area contributed by atoms with Gasteiger partial charge in [-0.05, 0) is 60.8 Å². The predicted octanol–water partition coefficient (Wildman–Crippen LogP) is 6.35. The fraction of sp³-hybridized carbons (Fsp3) is 0.435. The fourth-order valence-electron chi connectivity index (χ4n) is 3.60. The van der Waals surface area contributed by atoms with Crippen molar-refractivity contribution in [2.75, 3.05) is 0 Å². The van der Waals surface area contributed by atoms with Crippen LogP contribution in [0.25, 0.3) is 0 Å². The van der Waals surface area contributed by atoms with Crippen molar-refractivity contribution in [3.8, 4) is 0 Å². The molecule has 3 nitrogen and oxygen atoms in total. The largest absolute Gasteiger partial charge is 0.506 e. The van der Waals surface area contributed by atoms with Gasteiger partial charge in [-0.15, -0.1) is 0 Å². The van der Waals surface area contributed by atoms with Crippen LogP contribution in [-0.4, -0.2) is 11.3 Å². The van der Waals surface area contributed by atoms with E-state index in [9.17, 15) is 4.79 Å². The summed E-state index contributed by atoms with van der Waals surface area (Å²) in [6.45, 7) is 4.25. The van der Waals surface area contributed by atoms with E-state index in [0.29, 0.717) is 0 Å². The summed E-state index contributed by atoms with van der Waals surface area (Å²) < 4.78 is 5.26. The third kappa shape index (κ3) is 5.91. The second-order valence-corrected chi connectivity index (χ2v) is 6.65.